The Morgan fingerprint density at radius 2 is 2.18 bits per heavy atom. The van der Waals surface area contributed by atoms with Crippen molar-refractivity contribution >= 4 is 23.5 Å². The highest BCUT2D eigenvalue weighted by atomic mass is 32.2. The minimum Gasteiger partial charge on any atom is -0.362 e. The lowest BCUT2D eigenvalue weighted by molar-refractivity contribution is -0.122. The van der Waals surface area contributed by atoms with Crippen LogP contribution >= 0.6 is 11.8 Å². The van der Waals surface area contributed by atoms with Crippen LogP contribution in [0.15, 0.2) is 22.8 Å². The van der Waals surface area contributed by atoms with Crippen LogP contribution in [0.2, 0.25) is 0 Å². The first-order valence-corrected chi connectivity index (χ1v) is 8.76. The lowest BCUT2D eigenvalue weighted by Crippen LogP contribution is -2.38. The zero-order valence-corrected chi connectivity index (χ0v) is 14.4. The first-order valence-electron chi connectivity index (χ1n) is 7.88. The minimum atomic E-state index is 0.0837. The number of thioether (sulfide) groups is 1. The van der Waals surface area contributed by atoms with E-state index < -0.39 is 0 Å². The third-order valence-electron chi connectivity index (χ3n) is 4.09. The van der Waals surface area contributed by atoms with Crippen LogP contribution in [0.4, 0.5) is 0 Å². The second-order valence-electron chi connectivity index (χ2n) is 5.55. The largest absolute Gasteiger partial charge is 0.362 e. The van der Waals surface area contributed by atoms with Gasteiger partial charge < -0.3 is 10.2 Å². The van der Waals surface area contributed by atoms with Crippen LogP contribution in [-0.2, 0) is 9.59 Å². The van der Waals surface area contributed by atoms with E-state index in [1.165, 1.54) is 0 Å². The molecule has 1 unspecified atom stereocenters. The third kappa shape index (κ3) is 4.14. The Balaban J connectivity index is 1.77. The quantitative estimate of drug-likeness (QED) is 0.771. The summed E-state index contributed by atoms with van der Waals surface area (Å²) >= 11 is 1.72. The van der Waals surface area contributed by atoms with E-state index in [0.29, 0.717) is 19.5 Å². The minimum absolute atomic E-state index is 0.0837. The van der Waals surface area contributed by atoms with Crippen molar-refractivity contribution in [2.45, 2.75) is 32.1 Å². The summed E-state index contributed by atoms with van der Waals surface area (Å²) in [7, 11) is 2.05. The molecule has 1 aliphatic carbocycles. The summed E-state index contributed by atoms with van der Waals surface area (Å²) in [5, 5.41) is 3.28. The molecule has 22 heavy (non-hydrogen) atoms. The molecule has 0 aromatic carbocycles. The molecule has 6 heteroatoms. The predicted molar refractivity (Wildman–Crippen MR) is 90.3 cm³/mol. The number of amides is 1. The van der Waals surface area contributed by atoms with E-state index in [0.717, 1.165) is 30.1 Å². The number of hydrogen-bond donors (Lipinski definition) is 1. The topological polar surface area (TPSA) is 52.7 Å². The van der Waals surface area contributed by atoms with E-state index in [1.807, 2.05) is 6.08 Å². The van der Waals surface area contributed by atoms with Crippen molar-refractivity contribution in [1.29, 1.82) is 0 Å². The van der Waals surface area contributed by atoms with Crippen molar-refractivity contribution in [3.05, 3.63) is 22.8 Å². The second-order valence-corrected chi connectivity index (χ2v) is 6.77. The van der Waals surface area contributed by atoms with Crippen molar-refractivity contribution in [2.75, 3.05) is 33.2 Å². The van der Waals surface area contributed by atoms with Gasteiger partial charge in [-0.15, -0.1) is 0 Å². The summed E-state index contributed by atoms with van der Waals surface area (Å²) in [5.74, 6) is 0.258. The molecule has 1 fully saturated rings. The molecule has 122 valence electrons. The van der Waals surface area contributed by atoms with E-state index in [-0.39, 0.29) is 17.1 Å². The van der Waals surface area contributed by atoms with Crippen LogP contribution in [0.25, 0.3) is 0 Å². The van der Waals surface area contributed by atoms with Crippen LogP contribution < -0.4 is 5.32 Å². The van der Waals surface area contributed by atoms with Crippen LogP contribution in [-0.4, -0.2) is 60.1 Å². The summed E-state index contributed by atoms with van der Waals surface area (Å²) < 4.78 is 0. The molecule has 0 aromatic rings. The lowest BCUT2D eigenvalue weighted by atomic mass is 10.1. The average Bonchev–Trinajstić information content (AvgIpc) is 2.80. The van der Waals surface area contributed by atoms with Crippen molar-refractivity contribution in [3.63, 3.8) is 0 Å². The fraction of sp³-hybridized carbons (Fsp3) is 0.625. The van der Waals surface area contributed by atoms with Gasteiger partial charge in [0.2, 0.25) is 5.91 Å². The van der Waals surface area contributed by atoms with Crippen molar-refractivity contribution in [3.8, 4) is 0 Å². The Morgan fingerprint density at radius 1 is 1.45 bits per heavy atom. The molecule has 1 N–H and O–H groups in total. The summed E-state index contributed by atoms with van der Waals surface area (Å²) in [5.41, 5.74) is 1.16. The normalized spacial score (nSPS) is 20.8. The molecular weight excluding hydrogens is 298 g/mol. The van der Waals surface area contributed by atoms with E-state index in [2.05, 4.69) is 36.0 Å². The molecular formula is C16H25N3O2S. The SMILES string of the molecule is CCN(CC)CC(=O)NCCC1SC2=CC(=O)CC=C2N1C. The fourth-order valence-corrected chi connectivity index (χ4v) is 4.01. The summed E-state index contributed by atoms with van der Waals surface area (Å²) in [6.07, 6.45) is 5.12. The van der Waals surface area contributed by atoms with E-state index >= 15 is 0 Å². The number of hydrogen-bond acceptors (Lipinski definition) is 5. The fourth-order valence-electron chi connectivity index (χ4n) is 2.66. The lowest BCUT2D eigenvalue weighted by Gasteiger charge is -2.22. The number of rotatable bonds is 7. The maximum absolute atomic E-state index is 11.9. The van der Waals surface area contributed by atoms with Gasteiger partial charge >= 0.3 is 0 Å². The van der Waals surface area contributed by atoms with Gasteiger partial charge in [-0.3, -0.25) is 14.5 Å². The monoisotopic (exact) mass is 323 g/mol. The Kier molecular flexibility index (Phi) is 6.08. The van der Waals surface area contributed by atoms with Crippen LogP contribution in [0.3, 0.4) is 0 Å². The molecule has 0 saturated carbocycles. The molecule has 0 bridgehead atoms. The molecule has 1 saturated heterocycles. The Labute approximate surface area is 136 Å². The van der Waals surface area contributed by atoms with Gasteiger partial charge in [0, 0.05) is 30.6 Å². The molecule has 2 rings (SSSR count). The highest BCUT2D eigenvalue weighted by molar-refractivity contribution is 8.04. The molecule has 0 aromatic heterocycles. The van der Waals surface area contributed by atoms with E-state index in [4.69, 9.17) is 0 Å². The number of nitrogens with one attached hydrogen (secondary N) is 1. The van der Waals surface area contributed by atoms with Gasteiger partial charge in [0.25, 0.3) is 0 Å². The van der Waals surface area contributed by atoms with Crippen LogP contribution in [0, 0.1) is 0 Å². The molecule has 2 aliphatic rings. The molecule has 0 radical (unpaired) electrons. The van der Waals surface area contributed by atoms with Gasteiger partial charge in [0.05, 0.1) is 11.9 Å². The molecule has 1 atom stereocenters. The van der Waals surface area contributed by atoms with Crippen LogP contribution in [0.1, 0.15) is 26.7 Å². The number of likely N-dealkylation sites (N-methyl/N-ethyl adjacent to an activating group) is 2. The maximum atomic E-state index is 11.9. The molecule has 5 nitrogen and oxygen atoms in total. The van der Waals surface area contributed by atoms with Gasteiger partial charge in [-0.1, -0.05) is 31.7 Å². The first kappa shape index (κ1) is 17.1. The van der Waals surface area contributed by atoms with E-state index in [1.54, 1.807) is 17.8 Å². The van der Waals surface area contributed by atoms with Gasteiger partial charge in [0.1, 0.15) is 0 Å². The highest BCUT2D eigenvalue weighted by Crippen LogP contribution is 2.43. The molecule has 1 heterocycles. The number of allylic oxidation sites excluding steroid dienone is 2. The summed E-state index contributed by atoms with van der Waals surface area (Å²) in [4.78, 5) is 28.7. The smallest absolute Gasteiger partial charge is 0.234 e. The number of nitrogens with zero attached hydrogens (tertiary/aromatic N) is 2. The molecule has 1 amide bonds. The zero-order valence-electron chi connectivity index (χ0n) is 13.6. The van der Waals surface area contributed by atoms with Crippen LogP contribution in [0.5, 0.6) is 0 Å². The number of carbonyl (C=O) groups excluding carboxylic acids is 2. The number of ketones is 1. The third-order valence-corrected chi connectivity index (χ3v) is 5.50. The van der Waals surface area contributed by atoms with Gasteiger partial charge in [-0.05, 0) is 25.6 Å². The predicted octanol–water partition coefficient (Wildman–Crippen LogP) is 1.58. The van der Waals surface area contributed by atoms with Gasteiger partial charge in [0.15, 0.2) is 5.78 Å². The Hall–Kier alpha value is -1.27. The molecule has 1 aliphatic heterocycles. The Bertz CT molecular complexity index is 498. The number of fused-ring (bicyclic) bond motifs is 1. The van der Waals surface area contributed by atoms with Crippen molar-refractivity contribution < 1.29 is 9.59 Å². The average molecular weight is 323 g/mol. The first-order chi connectivity index (χ1) is 10.5. The highest BCUT2D eigenvalue weighted by Gasteiger charge is 2.31. The van der Waals surface area contributed by atoms with Crippen molar-refractivity contribution in [1.82, 2.24) is 15.1 Å². The summed E-state index contributed by atoms with van der Waals surface area (Å²) in [6.45, 7) is 7.03. The van der Waals surface area contributed by atoms with Gasteiger partial charge in [-0.25, -0.2) is 0 Å². The second kappa shape index (κ2) is 7.83. The standard InChI is InChI=1S/C16H25N3O2S/c1-4-19(5-2)11-15(21)17-9-8-16-18(3)13-7-6-12(20)10-14(13)22-16/h7,10,16H,4-6,8-9,11H2,1-3H3,(H,17,21). The van der Waals surface area contributed by atoms with E-state index in [9.17, 15) is 9.59 Å². The maximum Gasteiger partial charge on any atom is 0.234 e. The summed E-state index contributed by atoms with van der Waals surface area (Å²) in [6, 6.07) is 0. The van der Waals surface area contributed by atoms with Gasteiger partial charge in [-0.2, -0.15) is 0 Å². The Morgan fingerprint density at radius 3 is 2.86 bits per heavy atom. The molecule has 0 spiro atoms. The zero-order chi connectivity index (χ0) is 16.1. The van der Waals surface area contributed by atoms with Crippen molar-refractivity contribution in [2.24, 2.45) is 0 Å². The number of carbonyl (C=O) groups is 2.